The number of aryl methyl sites for hydroxylation is 2. The second-order valence-electron chi connectivity index (χ2n) is 11.3. The zero-order valence-corrected chi connectivity index (χ0v) is 27.0. The van der Waals surface area contributed by atoms with Gasteiger partial charge in [-0.15, -0.1) is 0 Å². The topological polar surface area (TPSA) is 82.6 Å². The molecule has 0 radical (unpaired) electrons. The summed E-state index contributed by atoms with van der Waals surface area (Å²) in [6.45, 7) is 7.61. The second kappa shape index (κ2) is 14.1. The van der Waals surface area contributed by atoms with Crippen LogP contribution in [-0.2, 0) is 27.7 Å². The first kappa shape index (κ1) is 31.4. The van der Waals surface area contributed by atoms with E-state index in [4.69, 9.17) is 16.6 Å². The highest BCUT2D eigenvalue weighted by molar-refractivity contribution is 9.10. The number of aromatic nitrogens is 1. The van der Waals surface area contributed by atoms with Gasteiger partial charge in [0.2, 0.25) is 15.9 Å². The van der Waals surface area contributed by atoms with E-state index in [1.165, 1.54) is 33.7 Å². The van der Waals surface area contributed by atoms with Gasteiger partial charge in [-0.2, -0.15) is 0 Å². The van der Waals surface area contributed by atoms with Crippen LogP contribution in [0.5, 0.6) is 0 Å². The van der Waals surface area contributed by atoms with Crippen LogP contribution in [0.2, 0.25) is 5.02 Å². The van der Waals surface area contributed by atoms with E-state index in [-0.39, 0.29) is 17.9 Å². The maximum Gasteiger partial charge on any atom is 0.223 e. The Morgan fingerprint density at radius 2 is 1.70 bits per heavy atom. The third-order valence-electron chi connectivity index (χ3n) is 8.16. The van der Waals surface area contributed by atoms with Gasteiger partial charge in [0.05, 0.1) is 18.0 Å². The first-order chi connectivity index (χ1) is 19.1. The van der Waals surface area contributed by atoms with Crippen molar-refractivity contribution in [3.05, 3.63) is 62.3 Å². The fourth-order valence-electron chi connectivity index (χ4n) is 6.04. The van der Waals surface area contributed by atoms with Gasteiger partial charge in [0.1, 0.15) is 0 Å². The lowest BCUT2D eigenvalue weighted by molar-refractivity contribution is -0.126. The molecule has 1 amide bonds. The molecule has 220 valence electrons. The van der Waals surface area contributed by atoms with Crippen LogP contribution in [0.3, 0.4) is 0 Å². The lowest BCUT2D eigenvalue weighted by Crippen LogP contribution is -2.45. The Hall–Kier alpha value is -1.52. The van der Waals surface area contributed by atoms with Crippen molar-refractivity contribution in [3.8, 4) is 0 Å². The van der Waals surface area contributed by atoms with Crippen LogP contribution in [0.1, 0.15) is 74.4 Å². The molecule has 0 saturated carbocycles. The van der Waals surface area contributed by atoms with Gasteiger partial charge in [0.15, 0.2) is 0 Å². The quantitative estimate of drug-likeness (QED) is 0.454. The van der Waals surface area contributed by atoms with Gasteiger partial charge in [0, 0.05) is 41.2 Å². The van der Waals surface area contributed by atoms with Crippen LogP contribution in [0.4, 0.5) is 0 Å². The molecule has 1 aromatic heterocycles. The zero-order chi connectivity index (χ0) is 28.9. The van der Waals surface area contributed by atoms with E-state index in [1.54, 1.807) is 0 Å². The van der Waals surface area contributed by atoms with Gasteiger partial charge >= 0.3 is 0 Å². The SMILES string of the molecule is CCC.CS(=O)(=O)N1CCC(CNC(=O)C2CCN(C3c4ccc(Cl)cc4CCc4cc(Br)cnc43)CC2)CC1. The summed E-state index contributed by atoms with van der Waals surface area (Å²) in [5.74, 6) is 0.458. The summed E-state index contributed by atoms with van der Waals surface area (Å²) in [5, 5.41) is 3.93. The summed E-state index contributed by atoms with van der Waals surface area (Å²) < 4.78 is 26.0. The Bertz CT molecular complexity index is 1220. The lowest BCUT2D eigenvalue weighted by atomic mass is 9.90. The molecule has 3 heterocycles. The molecule has 2 saturated heterocycles. The van der Waals surface area contributed by atoms with E-state index < -0.39 is 10.0 Å². The number of hydrogen-bond acceptors (Lipinski definition) is 5. The van der Waals surface area contributed by atoms with Crippen molar-refractivity contribution >= 4 is 43.5 Å². The van der Waals surface area contributed by atoms with Crippen molar-refractivity contribution in [2.75, 3.05) is 39.0 Å². The molecule has 1 unspecified atom stereocenters. The van der Waals surface area contributed by atoms with Crippen LogP contribution in [-0.4, -0.2) is 67.5 Å². The molecule has 7 nitrogen and oxygen atoms in total. The van der Waals surface area contributed by atoms with Crippen molar-refractivity contribution in [2.24, 2.45) is 11.8 Å². The average Bonchev–Trinajstić information content (AvgIpc) is 3.08. The summed E-state index contributed by atoms with van der Waals surface area (Å²) in [7, 11) is -3.13. The maximum absolute atomic E-state index is 13.0. The number of carbonyl (C=O) groups is 1. The first-order valence-electron chi connectivity index (χ1n) is 14.5. The summed E-state index contributed by atoms with van der Waals surface area (Å²) >= 11 is 9.94. The summed E-state index contributed by atoms with van der Waals surface area (Å²) in [4.78, 5) is 20.4. The molecular formula is C30H42BrClN4O3S. The monoisotopic (exact) mass is 652 g/mol. The molecule has 3 aliphatic rings. The number of fused-ring (bicyclic) bond motifs is 2. The molecule has 0 spiro atoms. The molecule has 1 atom stereocenters. The zero-order valence-electron chi connectivity index (χ0n) is 23.8. The molecule has 0 bridgehead atoms. The van der Waals surface area contributed by atoms with Crippen LogP contribution in [0.15, 0.2) is 34.9 Å². The van der Waals surface area contributed by atoms with Crippen molar-refractivity contribution in [2.45, 2.75) is 64.8 Å². The van der Waals surface area contributed by atoms with Crippen LogP contribution in [0.25, 0.3) is 0 Å². The predicted molar refractivity (Wildman–Crippen MR) is 165 cm³/mol. The smallest absolute Gasteiger partial charge is 0.223 e. The van der Waals surface area contributed by atoms with E-state index in [0.29, 0.717) is 25.6 Å². The Morgan fingerprint density at radius 3 is 2.35 bits per heavy atom. The van der Waals surface area contributed by atoms with Gasteiger partial charge in [-0.1, -0.05) is 37.9 Å². The van der Waals surface area contributed by atoms with Crippen molar-refractivity contribution in [3.63, 3.8) is 0 Å². The van der Waals surface area contributed by atoms with Crippen LogP contribution >= 0.6 is 27.5 Å². The van der Waals surface area contributed by atoms with Gasteiger partial charge in [-0.25, -0.2) is 12.7 Å². The minimum absolute atomic E-state index is 0.000160. The minimum Gasteiger partial charge on any atom is -0.356 e. The maximum atomic E-state index is 13.0. The number of nitrogens with zero attached hydrogens (tertiary/aromatic N) is 3. The third kappa shape index (κ3) is 7.85. The molecule has 40 heavy (non-hydrogen) atoms. The second-order valence-corrected chi connectivity index (χ2v) is 14.6. The molecule has 2 aliphatic heterocycles. The van der Waals surface area contributed by atoms with Gasteiger partial charge in [-0.05, 0) is 108 Å². The highest BCUT2D eigenvalue weighted by Gasteiger charge is 2.35. The molecule has 5 rings (SSSR count). The Labute approximate surface area is 253 Å². The Balaban J connectivity index is 0.00000118. The molecule has 2 fully saturated rings. The molecule has 1 N–H and O–H groups in total. The number of sulfonamides is 1. The number of halogens is 2. The number of rotatable bonds is 5. The van der Waals surface area contributed by atoms with Crippen molar-refractivity contribution in [1.29, 1.82) is 0 Å². The van der Waals surface area contributed by atoms with Gasteiger partial charge < -0.3 is 5.32 Å². The summed E-state index contributed by atoms with van der Waals surface area (Å²) in [6, 6.07) is 8.45. The number of benzene rings is 1. The molecule has 10 heteroatoms. The Morgan fingerprint density at radius 1 is 1.05 bits per heavy atom. The number of likely N-dealkylation sites (tertiary alicyclic amines) is 1. The standard InChI is InChI=1S/C27H34BrClN4O3S.C3H8/c1-37(35,36)33-12-6-18(7-13-33)16-31-27(34)19-8-10-32(11-9-19)26-24-5-4-23(29)15-20(24)2-3-21-14-22(28)17-30-25(21)26;1-3-2/h4-5,14-15,17-19,26H,2-3,6-13,16H2,1H3,(H,31,34);3H2,1-2H3. The number of amides is 1. The van der Waals surface area contributed by atoms with Gasteiger partial charge in [-0.3, -0.25) is 14.7 Å². The number of pyridine rings is 1. The van der Waals surface area contributed by atoms with Crippen LogP contribution < -0.4 is 5.32 Å². The number of nitrogens with one attached hydrogen (secondary N) is 1. The van der Waals surface area contributed by atoms with Crippen molar-refractivity contribution in [1.82, 2.24) is 19.5 Å². The van der Waals surface area contributed by atoms with Gasteiger partial charge in [0.25, 0.3) is 0 Å². The number of hydrogen-bond donors (Lipinski definition) is 1. The summed E-state index contributed by atoms with van der Waals surface area (Å²) in [5.41, 5.74) is 4.90. The largest absolute Gasteiger partial charge is 0.356 e. The van der Waals surface area contributed by atoms with E-state index in [9.17, 15) is 13.2 Å². The fraction of sp³-hybridized carbons (Fsp3) is 0.600. The van der Waals surface area contributed by atoms with E-state index in [0.717, 1.165) is 66.8 Å². The van der Waals surface area contributed by atoms with Crippen LogP contribution in [0, 0.1) is 11.8 Å². The first-order valence-corrected chi connectivity index (χ1v) is 17.5. The lowest BCUT2D eigenvalue weighted by Gasteiger charge is -2.38. The highest BCUT2D eigenvalue weighted by Crippen LogP contribution is 2.39. The van der Waals surface area contributed by atoms with E-state index in [1.807, 2.05) is 12.3 Å². The normalized spacial score (nSPS) is 21.0. The van der Waals surface area contributed by atoms with E-state index in [2.05, 4.69) is 58.2 Å². The average molecular weight is 654 g/mol. The number of carbonyl (C=O) groups excluding carboxylic acids is 1. The van der Waals surface area contributed by atoms with E-state index >= 15 is 0 Å². The Kier molecular flexibility index (Phi) is 11.1. The predicted octanol–water partition coefficient (Wildman–Crippen LogP) is 5.60. The molecule has 1 aliphatic carbocycles. The summed E-state index contributed by atoms with van der Waals surface area (Å²) in [6.07, 6.45) is 9.45. The highest BCUT2D eigenvalue weighted by atomic mass is 79.9. The molecule has 2 aromatic rings. The fourth-order valence-corrected chi connectivity index (χ4v) is 7.48. The number of piperidine rings is 2. The molecular weight excluding hydrogens is 612 g/mol. The van der Waals surface area contributed by atoms with Crippen molar-refractivity contribution < 1.29 is 13.2 Å². The molecule has 1 aromatic carbocycles. The minimum atomic E-state index is -3.13. The third-order valence-corrected chi connectivity index (χ3v) is 10.1.